The second-order valence-electron chi connectivity index (χ2n) is 8.10. The minimum absolute atomic E-state index is 0.0459. The lowest BCUT2D eigenvalue weighted by atomic mass is 10.1. The normalized spacial score (nSPS) is 15.3. The average molecular weight is 478 g/mol. The first-order valence-corrected chi connectivity index (χ1v) is 11.6. The van der Waals surface area contributed by atoms with E-state index in [0.717, 1.165) is 16.8 Å². The molecule has 2 aromatic carbocycles. The molecule has 1 amide bonds. The minimum atomic E-state index is -0.624. The molecule has 34 heavy (non-hydrogen) atoms. The van der Waals surface area contributed by atoms with Crippen molar-refractivity contribution >= 4 is 40.7 Å². The van der Waals surface area contributed by atoms with Gasteiger partial charge in [0.2, 0.25) is 5.91 Å². The Balaban J connectivity index is 1.29. The van der Waals surface area contributed by atoms with E-state index in [2.05, 4.69) is 0 Å². The van der Waals surface area contributed by atoms with Crippen LogP contribution in [0.1, 0.15) is 37.6 Å². The lowest BCUT2D eigenvalue weighted by Gasteiger charge is -2.17. The van der Waals surface area contributed by atoms with Gasteiger partial charge in [0, 0.05) is 24.2 Å². The summed E-state index contributed by atoms with van der Waals surface area (Å²) in [5.41, 5.74) is 3.26. The number of aryl methyl sites for hydroxylation is 2. The molecule has 1 fully saturated rings. The number of ketones is 1. The Morgan fingerprint density at radius 2 is 1.79 bits per heavy atom. The number of anilines is 1. The van der Waals surface area contributed by atoms with Crippen molar-refractivity contribution in [2.24, 2.45) is 5.92 Å². The molecule has 0 saturated carbocycles. The van der Waals surface area contributed by atoms with Crippen molar-refractivity contribution in [3.8, 4) is 5.75 Å². The van der Waals surface area contributed by atoms with Crippen molar-refractivity contribution in [3.63, 3.8) is 0 Å². The van der Waals surface area contributed by atoms with Crippen LogP contribution in [-0.4, -0.2) is 36.8 Å². The number of esters is 2. The summed E-state index contributed by atoms with van der Waals surface area (Å²) in [5, 5.41) is 1.78. The van der Waals surface area contributed by atoms with Gasteiger partial charge >= 0.3 is 11.9 Å². The van der Waals surface area contributed by atoms with Crippen LogP contribution in [0.25, 0.3) is 0 Å². The summed E-state index contributed by atoms with van der Waals surface area (Å²) in [6, 6.07) is 15.2. The number of Topliss-reactive ketones (excluding diaryl/α,β-unsaturated/α-hetero) is 1. The first-order valence-electron chi connectivity index (χ1n) is 10.7. The van der Waals surface area contributed by atoms with Crippen LogP contribution in [0.15, 0.2) is 60.0 Å². The number of hydrogen-bond acceptors (Lipinski definition) is 7. The van der Waals surface area contributed by atoms with Crippen LogP contribution in [0.2, 0.25) is 0 Å². The van der Waals surface area contributed by atoms with Crippen LogP contribution in [0.4, 0.5) is 5.69 Å². The van der Waals surface area contributed by atoms with Gasteiger partial charge in [-0.3, -0.25) is 14.4 Å². The van der Waals surface area contributed by atoms with E-state index in [1.165, 1.54) is 35.6 Å². The number of benzene rings is 2. The second-order valence-corrected chi connectivity index (χ2v) is 9.04. The molecule has 7 nitrogen and oxygen atoms in total. The Morgan fingerprint density at radius 1 is 1.03 bits per heavy atom. The van der Waals surface area contributed by atoms with E-state index in [9.17, 15) is 19.2 Å². The lowest BCUT2D eigenvalue weighted by Crippen LogP contribution is -2.27. The van der Waals surface area contributed by atoms with Gasteiger partial charge in [-0.1, -0.05) is 12.1 Å². The van der Waals surface area contributed by atoms with Crippen LogP contribution in [-0.2, 0) is 14.3 Å². The summed E-state index contributed by atoms with van der Waals surface area (Å²) in [6.07, 6.45) is 0.0459. The molecule has 1 aromatic heterocycles. The number of carbonyl (C=O) groups excluding carboxylic acids is 4. The van der Waals surface area contributed by atoms with Crippen LogP contribution < -0.4 is 9.64 Å². The van der Waals surface area contributed by atoms with Gasteiger partial charge in [0.05, 0.1) is 5.92 Å². The number of ether oxygens (including phenoxy) is 2. The quantitative estimate of drug-likeness (QED) is 0.285. The highest BCUT2D eigenvalue weighted by atomic mass is 32.1. The van der Waals surface area contributed by atoms with Gasteiger partial charge < -0.3 is 14.4 Å². The van der Waals surface area contributed by atoms with Gasteiger partial charge in [-0.25, -0.2) is 4.79 Å². The molecule has 4 rings (SSSR count). The molecule has 1 aliphatic rings. The van der Waals surface area contributed by atoms with E-state index in [1.54, 1.807) is 22.4 Å². The fourth-order valence-electron chi connectivity index (χ4n) is 3.61. The number of carbonyl (C=O) groups is 4. The average Bonchev–Trinajstić information content (AvgIpc) is 3.50. The largest absolute Gasteiger partial charge is 0.457 e. The lowest BCUT2D eigenvalue weighted by molar-refractivity contribution is -0.147. The summed E-state index contributed by atoms with van der Waals surface area (Å²) in [7, 11) is 0. The molecular weight excluding hydrogens is 454 g/mol. The highest BCUT2D eigenvalue weighted by Crippen LogP contribution is 2.27. The van der Waals surface area contributed by atoms with E-state index in [-0.39, 0.29) is 24.7 Å². The molecule has 1 atom stereocenters. The summed E-state index contributed by atoms with van der Waals surface area (Å²) < 4.78 is 10.5. The van der Waals surface area contributed by atoms with E-state index < -0.39 is 24.5 Å². The SMILES string of the molecule is Cc1ccc(N2C[C@@H](C(=O)OCC(=O)c3ccc(OC(=O)c4cccs4)cc3)CC2=O)cc1C. The topological polar surface area (TPSA) is 90.0 Å². The maximum Gasteiger partial charge on any atom is 0.353 e. The van der Waals surface area contributed by atoms with Gasteiger partial charge in [-0.15, -0.1) is 11.3 Å². The zero-order valence-electron chi connectivity index (χ0n) is 18.8. The molecule has 0 radical (unpaired) electrons. The molecule has 174 valence electrons. The van der Waals surface area contributed by atoms with Crippen LogP contribution >= 0.6 is 11.3 Å². The third-order valence-corrected chi connectivity index (χ3v) is 6.57. The number of hydrogen-bond donors (Lipinski definition) is 0. The van der Waals surface area contributed by atoms with Gasteiger partial charge in [0.1, 0.15) is 10.6 Å². The van der Waals surface area contributed by atoms with Crippen LogP contribution in [0.5, 0.6) is 5.75 Å². The first kappa shape index (κ1) is 23.4. The van der Waals surface area contributed by atoms with Gasteiger partial charge in [0.25, 0.3) is 0 Å². The minimum Gasteiger partial charge on any atom is -0.457 e. The predicted octanol–water partition coefficient (Wildman–Crippen LogP) is 4.36. The van der Waals surface area contributed by atoms with Crippen molar-refractivity contribution in [1.29, 1.82) is 0 Å². The zero-order chi connectivity index (χ0) is 24.2. The maximum absolute atomic E-state index is 12.5. The Hall–Kier alpha value is -3.78. The third kappa shape index (κ3) is 5.23. The summed E-state index contributed by atoms with van der Waals surface area (Å²) in [4.78, 5) is 51.5. The fraction of sp³-hybridized carbons (Fsp3) is 0.231. The number of nitrogens with zero attached hydrogens (tertiary/aromatic N) is 1. The predicted molar refractivity (Wildman–Crippen MR) is 127 cm³/mol. The van der Waals surface area contributed by atoms with E-state index >= 15 is 0 Å². The maximum atomic E-state index is 12.5. The van der Waals surface area contributed by atoms with Crippen molar-refractivity contribution in [2.75, 3.05) is 18.1 Å². The molecule has 3 aromatic rings. The molecule has 1 saturated heterocycles. The molecular formula is C26H23NO6S. The smallest absolute Gasteiger partial charge is 0.353 e. The second kappa shape index (κ2) is 10.0. The summed E-state index contributed by atoms with van der Waals surface area (Å²) in [5.74, 6) is -1.90. The van der Waals surface area contributed by atoms with Crippen LogP contribution in [0, 0.1) is 19.8 Å². The fourth-order valence-corrected chi connectivity index (χ4v) is 4.21. The Kier molecular flexibility index (Phi) is 6.88. The highest BCUT2D eigenvalue weighted by Gasteiger charge is 2.36. The van der Waals surface area contributed by atoms with Crippen molar-refractivity contribution in [1.82, 2.24) is 0 Å². The molecule has 1 aliphatic heterocycles. The molecule has 0 spiro atoms. The highest BCUT2D eigenvalue weighted by molar-refractivity contribution is 7.12. The standard InChI is InChI=1S/C26H23NO6S/c1-16-5-8-20(12-17(16)2)27-14-19(13-24(27)29)25(30)32-15-22(28)18-6-9-21(10-7-18)33-26(31)23-4-3-11-34-23/h3-12,19H,13-15H2,1-2H3/t19-/m0/s1. The van der Waals surface area contributed by atoms with E-state index in [1.807, 2.05) is 32.0 Å². The van der Waals surface area contributed by atoms with E-state index in [0.29, 0.717) is 16.2 Å². The monoisotopic (exact) mass is 477 g/mol. The number of rotatable bonds is 7. The van der Waals surface area contributed by atoms with Crippen molar-refractivity contribution in [3.05, 3.63) is 81.5 Å². The Labute approximate surface area is 200 Å². The Bertz CT molecular complexity index is 1230. The van der Waals surface area contributed by atoms with Crippen molar-refractivity contribution in [2.45, 2.75) is 20.3 Å². The van der Waals surface area contributed by atoms with Gasteiger partial charge in [0.15, 0.2) is 12.4 Å². The Morgan fingerprint density at radius 3 is 2.47 bits per heavy atom. The molecule has 0 unspecified atom stereocenters. The van der Waals surface area contributed by atoms with Gasteiger partial charge in [-0.05, 0) is 72.8 Å². The van der Waals surface area contributed by atoms with Crippen LogP contribution in [0.3, 0.4) is 0 Å². The first-order chi connectivity index (χ1) is 16.3. The molecule has 2 heterocycles. The van der Waals surface area contributed by atoms with E-state index in [4.69, 9.17) is 9.47 Å². The molecule has 8 heteroatoms. The number of thiophene rings is 1. The molecule has 0 aliphatic carbocycles. The molecule has 0 bridgehead atoms. The third-order valence-electron chi connectivity index (χ3n) is 5.72. The van der Waals surface area contributed by atoms with Crippen molar-refractivity contribution < 1.29 is 28.7 Å². The summed E-state index contributed by atoms with van der Waals surface area (Å²) >= 11 is 1.28. The van der Waals surface area contributed by atoms with Gasteiger partial charge in [-0.2, -0.15) is 0 Å². The summed E-state index contributed by atoms with van der Waals surface area (Å²) in [6.45, 7) is 3.75. The zero-order valence-corrected chi connectivity index (χ0v) is 19.6. The molecule has 0 N–H and O–H groups in total. The number of amides is 1.